The summed E-state index contributed by atoms with van der Waals surface area (Å²) < 4.78 is 0. The molecule has 0 fully saturated rings. The summed E-state index contributed by atoms with van der Waals surface area (Å²) in [7, 11) is 0. The maximum absolute atomic E-state index is 12.2. The van der Waals surface area contributed by atoms with E-state index in [2.05, 4.69) is 27.8 Å². The number of para-hydroxylation sites is 2. The van der Waals surface area contributed by atoms with E-state index in [4.69, 9.17) is 4.99 Å². The van der Waals surface area contributed by atoms with E-state index >= 15 is 0 Å². The Bertz CT molecular complexity index is 1110. The van der Waals surface area contributed by atoms with E-state index in [0.29, 0.717) is 5.71 Å². The molecular formula is C22H16N4O. The maximum Gasteiger partial charge on any atom is 0.275 e. The molecule has 5 nitrogen and oxygen atoms in total. The summed E-state index contributed by atoms with van der Waals surface area (Å²) in [6.07, 6.45) is 0. The van der Waals surface area contributed by atoms with E-state index in [0.717, 1.165) is 46.1 Å². The summed E-state index contributed by atoms with van der Waals surface area (Å²) in [5, 5.41) is 6.19. The highest BCUT2D eigenvalue weighted by Crippen LogP contribution is 2.28. The van der Waals surface area contributed by atoms with E-state index in [9.17, 15) is 4.79 Å². The van der Waals surface area contributed by atoms with Gasteiger partial charge < -0.3 is 10.6 Å². The molecule has 0 aliphatic carbocycles. The number of carbonyl (C=O) groups is 1. The Morgan fingerprint density at radius 3 is 2.11 bits per heavy atom. The lowest BCUT2D eigenvalue weighted by Crippen LogP contribution is -2.13. The standard InChI is InChI=1S/C22H16N4O/c27-22-21(17-6-2-4-8-19(17)26-22)25-15-11-9-14(10-12-15)24-20-13-23-18-7-3-1-5-16(18)20/h1-12,23H,13H2,(H,25,26,27). The fraction of sp³-hybridized carbons (Fsp3) is 0.0455. The number of carbonyl (C=O) groups excluding carboxylic acids is 1. The van der Waals surface area contributed by atoms with E-state index in [1.54, 1.807) is 0 Å². The predicted molar refractivity (Wildman–Crippen MR) is 109 cm³/mol. The highest BCUT2D eigenvalue weighted by molar-refractivity contribution is 6.54. The van der Waals surface area contributed by atoms with Gasteiger partial charge in [0.1, 0.15) is 5.71 Å². The minimum Gasteiger partial charge on any atom is -0.379 e. The highest BCUT2D eigenvalue weighted by atomic mass is 16.2. The van der Waals surface area contributed by atoms with Crippen molar-refractivity contribution in [2.75, 3.05) is 17.2 Å². The molecule has 2 N–H and O–H groups in total. The zero-order valence-corrected chi connectivity index (χ0v) is 14.4. The Balaban J connectivity index is 1.44. The zero-order chi connectivity index (χ0) is 18.2. The number of rotatable bonds is 2. The monoisotopic (exact) mass is 352 g/mol. The van der Waals surface area contributed by atoms with E-state index in [1.807, 2.05) is 60.7 Å². The van der Waals surface area contributed by atoms with Crippen LogP contribution in [0.25, 0.3) is 0 Å². The topological polar surface area (TPSA) is 65.8 Å². The van der Waals surface area contributed by atoms with E-state index in [1.165, 1.54) is 0 Å². The van der Waals surface area contributed by atoms with Crippen molar-refractivity contribution in [1.82, 2.24) is 0 Å². The smallest absolute Gasteiger partial charge is 0.275 e. The summed E-state index contributed by atoms with van der Waals surface area (Å²) >= 11 is 0. The lowest BCUT2D eigenvalue weighted by atomic mass is 10.1. The lowest BCUT2D eigenvalue weighted by molar-refractivity contribution is -0.110. The van der Waals surface area contributed by atoms with Crippen LogP contribution >= 0.6 is 0 Å². The Hall–Kier alpha value is -3.73. The van der Waals surface area contributed by atoms with Gasteiger partial charge in [-0.25, -0.2) is 4.99 Å². The molecule has 2 heterocycles. The SMILES string of the molecule is O=C1Nc2ccccc2C1=Nc1ccc(N=C2CNc3ccccc32)cc1. The third-order valence-corrected chi connectivity index (χ3v) is 4.68. The first-order valence-corrected chi connectivity index (χ1v) is 8.78. The molecule has 1 amide bonds. The minimum atomic E-state index is -0.172. The number of aliphatic imine (C=N–C) groups is 2. The summed E-state index contributed by atoms with van der Waals surface area (Å²) in [6, 6.07) is 23.4. The van der Waals surface area contributed by atoms with Crippen LogP contribution < -0.4 is 10.6 Å². The molecule has 5 rings (SSSR count). The van der Waals surface area contributed by atoms with Crippen LogP contribution in [0.5, 0.6) is 0 Å². The van der Waals surface area contributed by atoms with Crippen LogP contribution in [-0.2, 0) is 4.79 Å². The van der Waals surface area contributed by atoms with Crippen LogP contribution in [0.1, 0.15) is 11.1 Å². The molecular weight excluding hydrogens is 336 g/mol. The molecule has 0 saturated heterocycles. The average Bonchev–Trinajstić information content (AvgIpc) is 3.25. The van der Waals surface area contributed by atoms with E-state index < -0.39 is 0 Å². The van der Waals surface area contributed by atoms with Crippen molar-refractivity contribution >= 4 is 40.1 Å². The zero-order valence-electron chi connectivity index (χ0n) is 14.4. The van der Waals surface area contributed by atoms with Crippen LogP contribution in [0.15, 0.2) is 82.8 Å². The fourth-order valence-electron chi connectivity index (χ4n) is 3.36. The second-order valence-electron chi connectivity index (χ2n) is 6.43. The van der Waals surface area contributed by atoms with Gasteiger partial charge in [0.05, 0.1) is 29.3 Å². The third kappa shape index (κ3) is 2.79. The molecule has 3 aromatic rings. The average molecular weight is 352 g/mol. The number of hydrogen-bond acceptors (Lipinski definition) is 4. The first-order chi connectivity index (χ1) is 13.3. The van der Waals surface area contributed by atoms with Gasteiger partial charge in [-0.1, -0.05) is 36.4 Å². The number of benzene rings is 3. The normalized spacial score (nSPS) is 17.6. The van der Waals surface area contributed by atoms with Crippen molar-refractivity contribution in [3.63, 3.8) is 0 Å². The molecule has 3 aromatic carbocycles. The quantitative estimate of drug-likeness (QED) is 0.722. The Morgan fingerprint density at radius 2 is 1.33 bits per heavy atom. The van der Waals surface area contributed by atoms with Crippen LogP contribution in [0.3, 0.4) is 0 Å². The van der Waals surface area contributed by atoms with Crippen LogP contribution in [0.4, 0.5) is 22.7 Å². The number of anilines is 2. The van der Waals surface area contributed by atoms with Gasteiger partial charge in [-0.05, 0) is 36.4 Å². The van der Waals surface area contributed by atoms with Gasteiger partial charge in [0.15, 0.2) is 0 Å². The summed E-state index contributed by atoms with van der Waals surface area (Å²) in [4.78, 5) is 21.5. The number of nitrogens with zero attached hydrogens (tertiary/aromatic N) is 2. The molecule has 0 radical (unpaired) electrons. The molecule has 0 aromatic heterocycles. The van der Waals surface area contributed by atoms with Gasteiger partial charge in [-0.3, -0.25) is 9.79 Å². The Kier molecular flexibility index (Phi) is 3.57. The predicted octanol–water partition coefficient (Wildman–Crippen LogP) is 4.31. The molecule has 0 bridgehead atoms. The number of fused-ring (bicyclic) bond motifs is 2. The molecule has 0 atom stereocenters. The first kappa shape index (κ1) is 15.5. The number of amides is 1. The van der Waals surface area contributed by atoms with Crippen LogP contribution in [0.2, 0.25) is 0 Å². The largest absolute Gasteiger partial charge is 0.379 e. The maximum atomic E-state index is 12.2. The molecule has 27 heavy (non-hydrogen) atoms. The lowest BCUT2D eigenvalue weighted by Gasteiger charge is -2.01. The van der Waals surface area contributed by atoms with Gasteiger partial charge in [-0.2, -0.15) is 0 Å². The van der Waals surface area contributed by atoms with Crippen molar-refractivity contribution in [2.24, 2.45) is 9.98 Å². The van der Waals surface area contributed by atoms with Crippen molar-refractivity contribution in [2.45, 2.75) is 0 Å². The van der Waals surface area contributed by atoms with Gasteiger partial charge in [-0.15, -0.1) is 0 Å². The highest BCUT2D eigenvalue weighted by Gasteiger charge is 2.25. The van der Waals surface area contributed by atoms with Gasteiger partial charge in [0.25, 0.3) is 5.91 Å². The molecule has 0 spiro atoms. The summed E-state index contributed by atoms with van der Waals surface area (Å²) in [6.45, 7) is 0.723. The second kappa shape index (κ2) is 6.21. The van der Waals surface area contributed by atoms with E-state index in [-0.39, 0.29) is 5.91 Å². The molecule has 130 valence electrons. The molecule has 2 aliphatic heterocycles. The van der Waals surface area contributed by atoms with Crippen molar-refractivity contribution in [1.29, 1.82) is 0 Å². The van der Waals surface area contributed by atoms with Crippen LogP contribution in [0, 0.1) is 0 Å². The second-order valence-corrected chi connectivity index (χ2v) is 6.43. The molecule has 0 saturated carbocycles. The summed E-state index contributed by atoms with van der Waals surface area (Å²) in [5.41, 5.74) is 6.95. The van der Waals surface area contributed by atoms with Crippen molar-refractivity contribution in [3.05, 3.63) is 83.9 Å². The third-order valence-electron chi connectivity index (χ3n) is 4.68. The first-order valence-electron chi connectivity index (χ1n) is 8.78. The molecule has 5 heteroatoms. The van der Waals surface area contributed by atoms with Crippen molar-refractivity contribution < 1.29 is 4.79 Å². The molecule has 0 unspecified atom stereocenters. The minimum absolute atomic E-state index is 0.172. The van der Waals surface area contributed by atoms with Gasteiger partial charge >= 0.3 is 0 Å². The fourth-order valence-corrected chi connectivity index (χ4v) is 3.36. The van der Waals surface area contributed by atoms with Gasteiger partial charge in [0.2, 0.25) is 0 Å². The summed E-state index contributed by atoms with van der Waals surface area (Å²) in [5.74, 6) is -0.172. The van der Waals surface area contributed by atoms with Gasteiger partial charge in [0, 0.05) is 16.8 Å². The number of nitrogens with one attached hydrogen (secondary N) is 2. The number of hydrogen-bond donors (Lipinski definition) is 2. The van der Waals surface area contributed by atoms with Crippen LogP contribution in [-0.4, -0.2) is 23.9 Å². The Morgan fingerprint density at radius 1 is 0.704 bits per heavy atom. The molecule has 2 aliphatic rings. The Labute approximate surface area is 156 Å². The van der Waals surface area contributed by atoms with Crippen molar-refractivity contribution in [3.8, 4) is 0 Å².